The molecular weight excluding hydrogens is 311 g/mol. The minimum atomic E-state index is -1.01. The van der Waals surface area contributed by atoms with E-state index in [1.54, 1.807) is 24.3 Å². The number of benzene rings is 1. The van der Waals surface area contributed by atoms with Crippen molar-refractivity contribution in [2.75, 3.05) is 0 Å². The van der Waals surface area contributed by atoms with Gasteiger partial charge in [-0.05, 0) is 29.8 Å². The number of carbonyl (C=O) groups is 1. The zero-order valence-corrected chi connectivity index (χ0v) is 13.5. The summed E-state index contributed by atoms with van der Waals surface area (Å²) in [5.74, 6) is -1.01. The fraction of sp³-hybridized carbons (Fsp3) is 0.333. The zero-order chi connectivity index (χ0) is 15.8. The Kier molecular flexibility index (Phi) is 4.30. The van der Waals surface area contributed by atoms with Crippen LogP contribution in [0.25, 0.3) is 0 Å². The van der Waals surface area contributed by atoms with Crippen molar-refractivity contribution in [1.82, 2.24) is 9.78 Å². The SMILES string of the molecule is CC(C)(C)c1cc(C(=O)O)n(Cc2cc(Cl)cc(Cl)c2)n1. The molecular formula is C15H16Cl2N2O2. The molecule has 2 aromatic rings. The molecule has 0 aliphatic carbocycles. The molecule has 4 nitrogen and oxygen atoms in total. The van der Waals surface area contributed by atoms with Crippen molar-refractivity contribution in [2.24, 2.45) is 0 Å². The number of hydrogen-bond donors (Lipinski definition) is 1. The van der Waals surface area contributed by atoms with Gasteiger partial charge < -0.3 is 5.11 Å². The highest BCUT2D eigenvalue weighted by molar-refractivity contribution is 6.34. The topological polar surface area (TPSA) is 55.1 Å². The van der Waals surface area contributed by atoms with Crippen LogP contribution in [0.1, 0.15) is 42.5 Å². The lowest BCUT2D eigenvalue weighted by Crippen LogP contribution is -2.14. The predicted molar refractivity (Wildman–Crippen MR) is 83.5 cm³/mol. The van der Waals surface area contributed by atoms with E-state index in [1.807, 2.05) is 20.8 Å². The Balaban J connectivity index is 2.43. The highest BCUT2D eigenvalue weighted by Crippen LogP contribution is 2.24. The van der Waals surface area contributed by atoms with E-state index >= 15 is 0 Å². The maximum atomic E-state index is 11.4. The number of rotatable bonds is 3. The second-order valence-corrected chi connectivity index (χ2v) is 6.78. The lowest BCUT2D eigenvalue weighted by Gasteiger charge is -2.14. The van der Waals surface area contributed by atoms with Gasteiger partial charge >= 0.3 is 5.97 Å². The molecule has 0 spiro atoms. The fourth-order valence-corrected chi connectivity index (χ4v) is 2.52. The number of aromatic nitrogens is 2. The summed E-state index contributed by atoms with van der Waals surface area (Å²) < 4.78 is 1.46. The highest BCUT2D eigenvalue weighted by atomic mass is 35.5. The van der Waals surface area contributed by atoms with E-state index in [2.05, 4.69) is 5.10 Å². The Morgan fingerprint density at radius 3 is 2.24 bits per heavy atom. The summed E-state index contributed by atoms with van der Waals surface area (Å²) in [7, 11) is 0. The van der Waals surface area contributed by atoms with Crippen LogP contribution < -0.4 is 0 Å². The number of hydrogen-bond acceptors (Lipinski definition) is 2. The summed E-state index contributed by atoms with van der Waals surface area (Å²) in [4.78, 5) is 11.4. The Bertz CT molecular complexity index is 667. The first-order valence-corrected chi connectivity index (χ1v) is 7.19. The third kappa shape index (κ3) is 3.77. The number of halogens is 2. The van der Waals surface area contributed by atoms with Crippen LogP contribution in [0.15, 0.2) is 24.3 Å². The van der Waals surface area contributed by atoms with Gasteiger partial charge in [-0.1, -0.05) is 44.0 Å². The van der Waals surface area contributed by atoms with E-state index < -0.39 is 5.97 Å². The van der Waals surface area contributed by atoms with Gasteiger partial charge in [0.25, 0.3) is 0 Å². The molecule has 2 rings (SSSR count). The second kappa shape index (κ2) is 5.70. The first kappa shape index (κ1) is 15.9. The summed E-state index contributed by atoms with van der Waals surface area (Å²) in [6.07, 6.45) is 0. The molecule has 1 N–H and O–H groups in total. The van der Waals surface area contributed by atoms with Gasteiger partial charge in [-0.25, -0.2) is 4.79 Å². The molecule has 0 aliphatic rings. The van der Waals surface area contributed by atoms with Crippen LogP contribution in [0.5, 0.6) is 0 Å². The molecule has 0 atom stereocenters. The van der Waals surface area contributed by atoms with Gasteiger partial charge in [0.15, 0.2) is 0 Å². The molecule has 0 fully saturated rings. The number of aromatic carboxylic acids is 1. The zero-order valence-electron chi connectivity index (χ0n) is 12.0. The monoisotopic (exact) mass is 326 g/mol. The van der Waals surface area contributed by atoms with Crippen LogP contribution in [0, 0.1) is 0 Å². The summed E-state index contributed by atoms with van der Waals surface area (Å²) >= 11 is 11.9. The Morgan fingerprint density at radius 1 is 1.19 bits per heavy atom. The van der Waals surface area contributed by atoms with Crippen LogP contribution in [-0.2, 0) is 12.0 Å². The molecule has 0 amide bonds. The van der Waals surface area contributed by atoms with Crippen LogP contribution in [0.3, 0.4) is 0 Å². The molecule has 0 unspecified atom stereocenters. The number of carboxylic acid groups (broad SMARTS) is 1. The lowest BCUT2D eigenvalue weighted by molar-refractivity contribution is 0.0684. The second-order valence-electron chi connectivity index (χ2n) is 5.91. The average molecular weight is 327 g/mol. The van der Waals surface area contributed by atoms with Crippen molar-refractivity contribution in [1.29, 1.82) is 0 Å². The Hall–Kier alpha value is -1.52. The van der Waals surface area contributed by atoms with E-state index in [0.29, 0.717) is 16.6 Å². The molecule has 0 saturated carbocycles. The number of nitrogens with zero attached hydrogens (tertiary/aromatic N) is 2. The molecule has 0 aliphatic heterocycles. The normalized spacial score (nSPS) is 11.7. The van der Waals surface area contributed by atoms with Gasteiger partial charge in [0.1, 0.15) is 5.69 Å². The van der Waals surface area contributed by atoms with Gasteiger partial charge in [-0.15, -0.1) is 0 Å². The van der Waals surface area contributed by atoms with Crippen molar-refractivity contribution >= 4 is 29.2 Å². The minimum Gasteiger partial charge on any atom is -0.477 e. The third-order valence-corrected chi connectivity index (χ3v) is 3.46. The molecule has 6 heteroatoms. The largest absolute Gasteiger partial charge is 0.477 e. The molecule has 1 aromatic carbocycles. The standard InChI is InChI=1S/C15H16Cl2N2O2/c1-15(2,3)13-7-12(14(20)21)19(18-13)8-9-4-10(16)6-11(17)5-9/h4-7H,8H2,1-3H3,(H,20,21). The summed E-state index contributed by atoms with van der Waals surface area (Å²) in [5, 5.41) is 14.7. The van der Waals surface area contributed by atoms with Crippen LogP contribution >= 0.6 is 23.2 Å². The van der Waals surface area contributed by atoms with Crippen molar-refractivity contribution in [3.05, 3.63) is 51.3 Å². The van der Waals surface area contributed by atoms with E-state index in [0.717, 1.165) is 11.3 Å². The summed E-state index contributed by atoms with van der Waals surface area (Å²) in [5.41, 5.74) is 1.46. The average Bonchev–Trinajstić information content (AvgIpc) is 2.71. The Labute approximate surface area is 133 Å². The van der Waals surface area contributed by atoms with Crippen LogP contribution in [0.2, 0.25) is 10.0 Å². The van der Waals surface area contributed by atoms with Crippen molar-refractivity contribution in [3.8, 4) is 0 Å². The maximum absolute atomic E-state index is 11.4. The van der Waals surface area contributed by atoms with E-state index in [1.165, 1.54) is 4.68 Å². The van der Waals surface area contributed by atoms with Crippen molar-refractivity contribution in [2.45, 2.75) is 32.7 Å². The minimum absolute atomic E-state index is 0.149. The molecule has 112 valence electrons. The van der Waals surface area contributed by atoms with Crippen LogP contribution in [-0.4, -0.2) is 20.9 Å². The summed E-state index contributed by atoms with van der Waals surface area (Å²) in [6.45, 7) is 6.27. The Morgan fingerprint density at radius 2 is 1.76 bits per heavy atom. The summed E-state index contributed by atoms with van der Waals surface area (Å²) in [6, 6.07) is 6.73. The number of carboxylic acids is 1. The third-order valence-electron chi connectivity index (χ3n) is 3.02. The maximum Gasteiger partial charge on any atom is 0.354 e. The van der Waals surface area contributed by atoms with Crippen LogP contribution in [0.4, 0.5) is 0 Å². The first-order valence-electron chi connectivity index (χ1n) is 6.43. The molecule has 0 bridgehead atoms. The molecule has 1 heterocycles. The predicted octanol–water partition coefficient (Wildman–Crippen LogP) is 4.23. The van der Waals surface area contributed by atoms with Crippen molar-refractivity contribution < 1.29 is 9.90 Å². The van der Waals surface area contributed by atoms with Gasteiger partial charge in [-0.3, -0.25) is 4.68 Å². The molecule has 1 aromatic heterocycles. The van der Waals surface area contributed by atoms with Gasteiger partial charge in [0.05, 0.1) is 12.2 Å². The molecule has 0 radical (unpaired) electrons. The first-order chi connectivity index (χ1) is 9.66. The molecule has 0 saturated heterocycles. The fourth-order valence-electron chi connectivity index (χ4n) is 1.95. The van der Waals surface area contributed by atoms with Gasteiger partial charge in [0, 0.05) is 15.5 Å². The van der Waals surface area contributed by atoms with E-state index in [9.17, 15) is 9.90 Å². The quantitative estimate of drug-likeness (QED) is 0.918. The van der Waals surface area contributed by atoms with Gasteiger partial charge in [-0.2, -0.15) is 5.10 Å². The van der Waals surface area contributed by atoms with E-state index in [-0.39, 0.29) is 11.1 Å². The lowest BCUT2D eigenvalue weighted by atomic mass is 9.92. The van der Waals surface area contributed by atoms with Crippen molar-refractivity contribution in [3.63, 3.8) is 0 Å². The van der Waals surface area contributed by atoms with Gasteiger partial charge in [0.2, 0.25) is 0 Å². The smallest absolute Gasteiger partial charge is 0.354 e. The van der Waals surface area contributed by atoms with E-state index in [4.69, 9.17) is 23.2 Å². The molecule has 21 heavy (non-hydrogen) atoms. The highest BCUT2D eigenvalue weighted by Gasteiger charge is 2.22.